The van der Waals surface area contributed by atoms with Crippen LogP contribution in [0, 0.1) is 5.92 Å². The normalized spacial score (nSPS) is 14.3. The molecule has 0 aliphatic rings. The van der Waals surface area contributed by atoms with Crippen LogP contribution < -0.4 is 14.8 Å². The number of likely N-dealkylation sites (N-methyl/N-ethyl adjacent to an activating group) is 2. The molecule has 0 aliphatic carbocycles. The van der Waals surface area contributed by atoms with Crippen molar-refractivity contribution in [2.24, 2.45) is 5.92 Å². The average molecular weight is 294 g/mol. The first-order valence-electron chi connectivity index (χ1n) is 7.54. The van der Waals surface area contributed by atoms with E-state index in [2.05, 4.69) is 44.1 Å². The largest absolute Gasteiger partial charge is 0.493 e. The van der Waals surface area contributed by atoms with Crippen molar-refractivity contribution in [1.82, 2.24) is 10.2 Å². The summed E-state index contributed by atoms with van der Waals surface area (Å²) in [6, 6.07) is 6.91. The number of nitrogens with zero attached hydrogens (tertiary/aromatic N) is 1. The predicted octanol–water partition coefficient (Wildman–Crippen LogP) is 2.94. The van der Waals surface area contributed by atoms with E-state index < -0.39 is 0 Å². The molecule has 2 unspecified atom stereocenters. The van der Waals surface area contributed by atoms with Gasteiger partial charge in [-0.3, -0.25) is 0 Å². The molecule has 0 spiro atoms. The Kier molecular flexibility index (Phi) is 6.99. The minimum atomic E-state index is 0.260. The first-order valence-corrected chi connectivity index (χ1v) is 7.54. The Morgan fingerprint density at radius 2 is 1.71 bits per heavy atom. The summed E-state index contributed by atoms with van der Waals surface area (Å²) in [6.45, 7) is 7.73. The van der Waals surface area contributed by atoms with Gasteiger partial charge in [0.25, 0.3) is 0 Å². The van der Waals surface area contributed by atoms with Gasteiger partial charge >= 0.3 is 0 Å². The molecule has 0 amide bonds. The molecule has 0 saturated carbocycles. The zero-order chi connectivity index (χ0) is 16.0. The van der Waals surface area contributed by atoms with Crippen molar-refractivity contribution in [3.05, 3.63) is 23.8 Å². The van der Waals surface area contributed by atoms with Gasteiger partial charge in [-0.2, -0.15) is 0 Å². The Hall–Kier alpha value is -1.26. The molecule has 1 aromatic carbocycles. The molecular weight excluding hydrogens is 264 g/mol. The summed E-state index contributed by atoms with van der Waals surface area (Å²) in [5.74, 6) is 2.17. The Bertz CT molecular complexity index is 435. The van der Waals surface area contributed by atoms with Crippen LogP contribution in [0.2, 0.25) is 0 Å². The number of hydrogen-bond acceptors (Lipinski definition) is 4. The maximum absolute atomic E-state index is 5.40. The van der Waals surface area contributed by atoms with Crippen LogP contribution in [-0.2, 0) is 0 Å². The smallest absolute Gasteiger partial charge is 0.161 e. The molecule has 0 heterocycles. The molecule has 0 aliphatic heterocycles. The van der Waals surface area contributed by atoms with Crippen LogP contribution in [0.1, 0.15) is 32.4 Å². The highest BCUT2D eigenvalue weighted by Crippen LogP contribution is 2.30. The lowest BCUT2D eigenvalue weighted by molar-refractivity contribution is 0.190. The van der Waals surface area contributed by atoms with E-state index in [0.29, 0.717) is 12.0 Å². The van der Waals surface area contributed by atoms with Gasteiger partial charge < -0.3 is 19.7 Å². The average Bonchev–Trinajstić information content (AvgIpc) is 2.50. The summed E-state index contributed by atoms with van der Waals surface area (Å²) in [5, 5.41) is 3.39. The van der Waals surface area contributed by atoms with E-state index in [9.17, 15) is 0 Å². The lowest BCUT2D eigenvalue weighted by Crippen LogP contribution is -2.39. The molecule has 0 radical (unpaired) electrons. The summed E-state index contributed by atoms with van der Waals surface area (Å²) >= 11 is 0. The second kappa shape index (κ2) is 8.25. The minimum absolute atomic E-state index is 0.260. The lowest BCUT2D eigenvalue weighted by Gasteiger charge is -2.31. The van der Waals surface area contributed by atoms with Crippen LogP contribution in [0.5, 0.6) is 11.5 Å². The number of nitrogens with one attached hydrogen (secondary N) is 1. The third-order valence-electron chi connectivity index (χ3n) is 4.29. The van der Waals surface area contributed by atoms with Gasteiger partial charge in [0, 0.05) is 18.6 Å². The van der Waals surface area contributed by atoms with Crippen LogP contribution in [0.25, 0.3) is 0 Å². The van der Waals surface area contributed by atoms with E-state index in [1.807, 2.05) is 19.2 Å². The van der Waals surface area contributed by atoms with E-state index in [1.165, 1.54) is 5.56 Å². The van der Waals surface area contributed by atoms with Crippen molar-refractivity contribution in [1.29, 1.82) is 0 Å². The summed E-state index contributed by atoms with van der Waals surface area (Å²) in [6.07, 6.45) is 0. The highest BCUT2D eigenvalue weighted by Gasteiger charge is 2.19. The van der Waals surface area contributed by atoms with Gasteiger partial charge in [0.05, 0.1) is 14.2 Å². The third kappa shape index (κ3) is 4.61. The van der Waals surface area contributed by atoms with Gasteiger partial charge in [-0.05, 0) is 44.6 Å². The van der Waals surface area contributed by atoms with Crippen molar-refractivity contribution in [2.75, 3.05) is 34.9 Å². The number of rotatable bonds is 8. The molecule has 1 aromatic rings. The standard InChI is InChI=1S/C17H30N2O2/c1-12(2)13(3)19(5)11-15(18-4)14-8-9-16(20-6)17(10-14)21-7/h8-10,12-13,15,18H,11H2,1-7H3. The van der Waals surface area contributed by atoms with Crippen molar-refractivity contribution in [3.8, 4) is 11.5 Å². The molecule has 4 nitrogen and oxygen atoms in total. The molecule has 0 saturated heterocycles. The zero-order valence-electron chi connectivity index (χ0n) is 14.4. The maximum Gasteiger partial charge on any atom is 0.161 e. The predicted molar refractivity (Wildman–Crippen MR) is 88.3 cm³/mol. The Labute approximate surface area is 129 Å². The van der Waals surface area contributed by atoms with Crippen molar-refractivity contribution in [2.45, 2.75) is 32.9 Å². The summed E-state index contributed by atoms with van der Waals surface area (Å²) in [5.41, 5.74) is 1.21. The molecule has 0 aromatic heterocycles. The SMILES string of the molecule is CNC(CN(C)C(C)C(C)C)c1ccc(OC)c(OC)c1. The number of benzene rings is 1. The Balaban J connectivity index is 2.90. The molecule has 21 heavy (non-hydrogen) atoms. The molecule has 2 atom stereocenters. The van der Waals surface area contributed by atoms with Crippen molar-refractivity contribution >= 4 is 0 Å². The number of methoxy groups -OCH3 is 2. The molecule has 120 valence electrons. The molecule has 0 fully saturated rings. The first kappa shape index (κ1) is 17.8. The van der Waals surface area contributed by atoms with Gasteiger partial charge in [0.15, 0.2) is 11.5 Å². The second-order valence-corrected chi connectivity index (χ2v) is 5.88. The lowest BCUT2D eigenvalue weighted by atomic mass is 10.0. The summed E-state index contributed by atoms with van der Waals surface area (Å²) in [7, 11) is 7.50. The Morgan fingerprint density at radius 3 is 2.19 bits per heavy atom. The fraction of sp³-hybridized carbons (Fsp3) is 0.647. The number of hydrogen-bond donors (Lipinski definition) is 1. The second-order valence-electron chi connectivity index (χ2n) is 5.88. The van der Waals surface area contributed by atoms with E-state index in [1.54, 1.807) is 14.2 Å². The van der Waals surface area contributed by atoms with Crippen LogP contribution in [-0.4, -0.2) is 45.8 Å². The van der Waals surface area contributed by atoms with Gasteiger partial charge in [-0.15, -0.1) is 0 Å². The van der Waals surface area contributed by atoms with Gasteiger partial charge in [0.1, 0.15) is 0 Å². The van der Waals surface area contributed by atoms with Crippen LogP contribution in [0.3, 0.4) is 0 Å². The van der Waals surface area contributed by atoms with E-state index in [4.69, 9.17) is 9.47 Å². The number of ether oxygens (including phenoxy) is 2. The maximum atomic E-state index is 5.40. The summed E-state index contributed by atoms with van der Waals surface area (Å²) in [4.78, 5) is 2.39. The molecule has 4 heteroatoms. The molecule has 1 rings (SSSR count). The fourth-order valence-electron chi connectivity index (χ4n) is 2.40. The first-order chi connectivity index (χ1) is 9.94. The van der Waals surface area contributed by atoms with E-state index in [0.717, 1.165) is 18.0 Å². The highest BCUT2D eigenvalue weighted by atomic mass is 16.5. The van der Waals surface area contributed by atoms with Crippen LogP contribution in [0.4, 0.5) is 0 Å². The monoisotopic (exact) mass is 294 g/mol. The topological polar surface area (TPSA) is 33.7 Å². The minimum Gasteiger partial charge on any atom is -0.493 e. The van der Waals surface area contributed by atoms with Crippen molar-refractivity contribution in [3.63, 3.8) is 0 Å². The molecular formula is C17H30N2O2. The zero-order valence-corrected chi connectivity index (χ0v) is 14.4. The van der Waals surface area contributed by atoms with Crippen LogP contribution >= 0.6 is 0 Å². The van der Waals surface area contributed by atoms with Crippen LogP contribution in [0.15, 0.2) is 18.2 Å². The third-order valence-corrected chi connectivity index (χ3v) is 4.29. The summed E-state index contributed by atoms with van der Waals surface area (Å²) < 4.78 is 10.7. The van der Waals surface area contributed by atoms with Gasteiger partial charge in [-0.25, -0.2) is 0 Å². The highest BCUT2D eigenvalue weighted by molar-refractivity contribution is 5.43. The van der Waals surface area contributed by atoms with Crippen molar-refractivity contribution < 1.29 is 9.47 Å². The quantitative estimate of drug-likeness (QED) is 0.799. The molecule has 1 N–H and O–H groups in total. The van der Waals surface area contributed by atoms with E-state index >= 15 is 0 Å². The molecule has 0 bridgehead atoms. The van der Waals surface area contributed by atoms with E-state index in [-0.39, 0.29) is 6.04 Å². The fourth-order valence-corrected chi connectivity index (χ4v) is 2.40. The Morgan fingerprint density at radius 1 is 1.10 bits per heavy atom. The van der Waals surface area contributed by atoms with Gasteiger partial charge in [0.2, 0.25) is 0 Å². The van der Waals surface area contributed by atoms with Gasteiger partial charge in [-0.1, -0.05) is 19.9 Å².